The van der Waals surface area contributed by atoms with Gasteiger partial charge in [-0.05, 0) is 37.3 Å². The van der Waals surface area contributed by atoms with Crippen LogP contribution in [0.25, 0.3) is 0 Å². The van der Waals surface area contributed by atoms with E-state index in [1.165, 1.54) is 19.3 Å². The van der Waals surface area contributed by atoms with Gasteiger partial charge in [-0.1, -0.05) is 47.5 Å². The van der Waals surface area contributed by atoms with E-state index in [9.17, 15) is 0 Å². The molecule has 0 aromatic rings. The second-order valence-electron chi connectivity index (χ2n) is 5.75. The van der Waals surface area contributed by atoms with Crippen molar-refractivity contribution in [3.05, 3.63) is 0 Å². The van der Waals surface area contributed by atoms with E-state index in [2.05, 4.69) is 47.0 Å². The van der Waals surface area contributed by atoms with Crippen LogP contribution in [0.1, 0.15) is 53.9 Å². The molecule has 0 aliphatic carbocycles. The zero-order valence-corrected chi connectivity index (χ0v) is 11.0. The van der Waals surface area contributed by atoms with Gasteiger partial charge in [-0.3, -0.25) is 0 Å². The van der Waals surface area contributed by atoms with Crippen LogP contribution in [0.3, 0.4) is 0 Å². The lowest BCUT2D eigenvalue weighted by Crippen LogP contribution is -2.31. The summed E-state index contributed by atoms with van der Waals surface area (Å²) in [7, 11) is 2.06. The van der Waals surface area contributed by atoms with Crippen molar-refractivity contribution in [1.29, 1.82) is 0 Å². The molecule has 0 aromatic heterocycles. The van der Waals surface area contributed by atoms with E-state index in [-0.39, 0.29) is 0 Å². The Labute approximate surface area is 90.7 Å². The Kier molecular flexibility index (Phi) is 6.43. The first-order valence-corrected chi connectivity index (χ1v) is 6.06. The monoisotopic (exact) mass is 199 g/mol. The van der Waals surface area contributed by atoms with Crippen molar-refractivity contribution in [2.75, 3.05) is 13.6 Å². The minimum absolute atomic E-state index is 0.436. The molecule has 0 radical (unpaired) electrons. The lowest BCUT2D eigenvalue weighted by atomic mass is 9.75. The first-order chi connectivity index (χ1) is 6.41. The van der Waals surface area contributed by atoms with Crippen molar-refractivity contribution < 1.29 is 0 Å². The molecular formula is C13H29N. The third kappa shape index (κ3) is 5.64. The fraction of sp³-hybridized carbons (Fsp3) is 1.00. The van der Waals surface area contributed by atoms with E-state index in [4.69, 9.17) is 0 Å². The number of hydrogen-bond acceptors (Lipinski definition) is 1. The number of nitrogens with one attached hydrogen (secondary N) is 1. The van der Waals surface area contributed by atoms with Crippen LogP contribution in [-0.2, 0) is 0 Å². The Bertz CT molecular complexity index is 135. The van der Waals surface area contributed by atoms with Crippen molar-refractivity contribution in [1.82, 2.24) is 5.32 Å². The quantitative estimate of drug-likeness (QED) is 0.688. The molecule has 0 heterocycles. The average molecular weight is 199 g/mol. The van der Waals surface area contributed by atoms with Crippen LogP contribution in [0.2, 0.25) is 0 Å². The van der Waals surface area contributed by atoms with E-state index >= 15 is 0 Å². The van der Waals surface area contributed by atoms with Crippen molar-refractivity contribution >= 4 is 0 Å². The van der Waals surface area contributed by atoms with Crippen LogP contribution in [0, 0.1) is 17.3 Å². The zero-order valence-electron chi connectivity index (χ0n) is 11.0. The molecule has 14 heavy (non-hydrogen) atoms. The summed E-state index contributed by atoms with van der Waals surface area (Å²) in [6.07, 6.45) is 4.05. The van der Waals surface area contributed by atoms with Gasteiger partial charge in [0.1, 0.15) is 0 Å². The van der Waals surface area contributed by atoms with E-state index in [1.54, 1.807) is 0 Å². The molecule has 2 atom stereocenters. The molecule has 0 aromatic carbocycles. The van der Waals surface area contributed by atoms with Crippen molar-refractivity contribution in [3.63, 3.8) is 0 Å². The molecule has 1 N–H and O–H groups in total. The summed E-state index contributed by atoms with van der Waals surface area (Å²) in [5.41, 5.74) is 0.436. The average Bonchev–Trinajstić information content (AvgIpc) is 2.02. The Morgan fingerprint density at radius 3 is 2.14 bits per heavy atom. The molecule has 0 amide bonds. The summed E-state index contributed by atoms with van der Waals surface area (Å²) < 4.78 is 0. The summed E-state index contributed by atoms with van der Waals surface area (Å²) >= 11 is 0. The maximum absolute atomic E-state index is 3.32. The van der Waals surface area contributed by atoms with Gasteiger partial charge >= 0.3 is 0 Å². The SMILES string of the molecule is CCCC(C)CC(CNC)C(C)(C)C. The van der Waals surface area contributed by atoms with E-state index in [1.807, 2.05) is 0 Å². The summed E-state index contributed by atoms with van der Waals surface area (Å²) in [5, 5.41) is 3.32. The molecule has 0 rings (SSSR count). The summed E-state index contributed by atoms with van der Waals surface area (Å²) in [6.45, 7) is 12.9. The van der Waals surface area contributed by atoms with Crippen LogP contribution in [-0.4, -0.2) is 13.6 Å². The fourth-order valence-corrected chi connectivity index (χ4v) is 2.09. The van der Waals surface area contributed by atoms with Gasteiger partial charge in [0.15, 0.2) is 0 Å². The van der Waals surface area contributed by atoms with Gasteiger partial charge in [0, 0.05) is 0 Å². The first-order valence-electron chi connectivity index (χ1n) is 6.06. The highest BCUT2D eigenvalue weighted by Gasteiger charge is 2.25. The maximum atomic E-state index is 3.32. The highest BCUT2D eigenvalue weighted by atomic mass is 14.8. The molecule has 0 aliphatic rings. The minimum Gasteiger partial charge on any atom is -0.319 e. The second kappa shape index (κ2) is 6.44. The lowest BCUT2D eigenvalue weighted by Gasteiger charge is -2.32. The molecule has 0 spiro atoms. The van der Waals surface area contributed by atoms with E-state index in [0.29, 0.717) is 5.41 Å². The lowest BCUT2D eigenvalue weighted by molar-refractivity contribution is 0.193. The molecule has 0 saturated heterocycles. The van der Waals surface area contributed by atoms with Crippen LogP contribution < -0.4 is 5.32 Å². The van der Waals surface area contributed by atoms with E-state index in [0.717, 1.165) is 18.4 Å². The van der Waals surface area contributed by atoms with Crippen LogP contribution in [0.5, 0.6) is 0 Å². The Hall–Kier alpha value is -0.0400. The van der Waals surface area contributed by atoms with Gasteiger partial charge in [0.05, 0.1) is 0 Å². The van der Waals surface area contributed by atoms with Crippen LogP contribution in [0.15, 0.2) is 0 Å². The van der Waals surface area contributed by atoms with Crippen LogP contribution in [0.4, 0.5) is 0 Å². The molecule has 0 fully saturated rings. The normalized spacial score (nSPS) is 16.7. The molecular weight excluding hydrogens is 170 g/mol. The topological polar surface area (TPSA) is 12.0 Å². The highest BCUT2D eigenvalue weighted by molar-refractivity contribution is 4.77. The van der Waals surface area contributed by atoms with Gasteiger partial charge in [-0.25, -0.2) is 0 Å². The van der Waals surface area contributed by atoms with Crippen molar-refractivity contribution in [3.8, 4) is 0 Å². The van der Waals surface area contributed by atoms with E-state index < -0.39 is 0 Å². The Morgan fingerprint density at radius 1 is 1.21 bits per heavy atom. The predicted octanol–water partition coefficient (Wildman–Crippen LogP) is 3.69. The third-order valence-electron chi connectivity index (χ3n) is 3.14. The first kappa shape index (κ1) is 14.0. The minimum atomic E-state index is 0.436. The predicted molar refractivity (Wildman–Crippen MR) is 65.6 cm³/mol. The molecule has 1 nitrogen and oxygen atoms in total. The third-order valence-corrected chi connectivity index (χ3v) is 3.14. The van der Waals surface area contributed by atoms with Gasteiger partial charge in [-0.2, -0.15) is 0 Å². The molecule has 0 bridgehead atoms. The van der Waals surface area contributed by atoms with Gasteiger partial charge in [0.2, 0.25) is 0 Å². The number of hydrogen-bond donors (Lipinski definition) is 1. The maximum Gasteiger partial charge on any atom is -0.00184 e. The summed E-state index contributed by atoms with van der Waals surface area (Å²) in [5.74, 6) is 1.67. The van der Waals surface area contributed by atoms with Gasteiger partial charge in [-0.15, -0.1) is 0 Å². The zero-order chi connectivity index (χ0) is 11.2. The van der Waals surface area contributed by atoms with Crippen LogP contribution >= 0.6 is 0 Å². The molecule has 1 heteroatoms. The molecule has 0 saturated carbocycles. The smallest absolute Gasteiger partial charge is 0.00184 e. The molecule has 2 unspecified atom stereocenters. The second-order valence-corrected chi connectivity index (χ2v) is 5.75. The number of rotatable bonds is 6. The molecule has 0 aliphatic heterocycles. The largest absolute Gasteiger partial charge is 0.319 e. The highest BCUT2D eigenvalue weighted by Crippen LogP contribution is 2.31. The van der Waals surface area contributed by atoms with Crippen molar-refractivity contribution in [2.24, 2.45) is 17.3 Å². The summed E-state index contributed by atoms with van der Waals surface area (Å²) in [6, 6.07) is 0. The van der Waals surface area contributed by atoms with Crippen molar-refractivity contribution in [2.45, 2.75) is 53.9 Å². The Balaban J connectivity index is 4.09. The van der Waals surface area contributed by atoms with Gasteiger partial charge in [0.25, 0.3) is 0 Å². The standard InChI is InChI=1S/C13H29N/c1-7-8-11(2)9-12(10-14-6)13(3,4)5/h11-12,14H,7-10H2,1-6H3. The van der Waals surface area contributed by atoms with Gasteiger partial charge < -0.3 is 5.32 Å². The Morgan fingerprint density at radius 2 is 1.79 bits per heavy atom. The summed E-state index contributed by atoms with van der Waals surface area (Å²) in [4.78, 5) is 0. The fourth-order valence-electron chi connectivity index (χ4n) is 2.09. The molecule has 86 valence electrons.